The van der Waals surface area contributed by atoms with Crippen molar-refractivity contribution in [3.8, 4) is 0 Å². The number of allylic oxidation sites excluding steroid dienone is 6. The maximum atomic E-state index is 10.3. The summed E-state index contributed by atoms with van der Waals surface area (Å²) in [6.45, 7) is 2.15. The molecule has 0 atom stereocenters. The lowest BCUT2D eigenvalue weighted by Gasteiger charge is -1.99. The third-order valence-corrected chi connectivity index (χ3v) is 3.07. The van der Waals surface area contributed by atoms with Crippen LogP contribution in [0, 0.1) is 0 Å². The van der Waals surface area contributed by atoms with E-state index in [1.54, 1.807) is 0 Å². The van der Waals surface area contributed by atoms with Gasteiger partial charge in [-0.05, 0) is 32.1 Å². The van der Waals surface area contributed by atoms with Gasteiger partial charge in [0.1, 0.15) is 0 Å². The Balaban J connectivity index is 3.23. The number of rotatable bonds is 13. The molecule has 0 bridgehead atoms. The summed E-state index contributed by atoms with van der Waals surface area (Å²) in [5, 5.41) is 8.50. The average Bonchev–Trinajstić information content (AvgIpc) is 2.43. The first kappa shape index (κ1) is 18.7. The van der Waals surface area contributed by atoms with Crippen LogP contribution < -0.4 is 0 Å². The molecule has 0 aliphatic rings. The van der Waals surface area contributed by atoms with E-state index in [1.807, 2.05) is 0 Å². The molecule has 0 aliphatic heterocycles. The molecule has 0 aliphatic carbocycles. The van der Waals surface area contributed by atoms with E-state index in [0.29, 0.717) is 6.42 Å². The molecule has 0 spiro atoms. The van der Waals surface area contributed by atoms with Gasteiger partial charge in [0.2, 0.25) is 0 Å². The van der Waals surface area contributed by atoms with E-state index < -0.39 is 5.97 Å². The Morgan fingerprint density at radius 1 is 0.850 bits per heavy atom. The predicted octanol–water partition coefficient (Wildman–Crippen LogP) is 5.66. The van der Waals surface area contributed by atoms with Gasteiger partial charge in [-0.1, -0.05) is 69.1 Å². The fourth-order valence-corrected chi connectivity index (χ4v) is 1.92. The number of carbonyl (C=O) groups is 1. The minimum Gasteiger partial charge on any atom is -0.481 e. The highest BCUT2D eigenvalue weighted by Crippen LogP contribution is 2.08. The van der Waals surface area contributed by atoms with E-state index in [2.05, 4.69) is 43.4 Å². The highest BCUT2D eigenvalue weighted by molar-refractivity contribution is 5.66. The van der Waals surface area contributed by atoms with Crippen LogP contribution >= 0.6 is 0 Å². The largest absolute Gasteiger partial charge is 0.481 e. The average molecular weight is 278 g/mol. The van der Waals surface area contributed by atoms with Crippen LogP contribution in [-0.2, 0) is 4.79 Å². The van der Waals surface area contributed by atoms with Crippen LogP contribution in [0.3, 0.4) is 0 Å². The van der Waals surface area contributed by atoms with E-state index in [-0.39, 0.29) is 0 Å². The first-order valence-corrected chi connectivity index (χ1v) is 7.95. The lowest BCUT2D eigenvalue weighted by molar-refractivity contribution is -0.137. The van der Waals surface area contributed by atoms with Crippen molar-refractivity contribution in [2.75, 3.05) is 0 Å². The van der Waals surface area contributed by atoms with Gasteiger partial charge < -0.3 is 5.11 Å². The molecule has 1 N–H and O–H groups in total. The van der Waals surface area contributed by atoms with E-state index >= 15 is 0 Å². The molecule has 114 valence electrons. The normalized spacial score (nSPS) is 12.1. The first-order chi connectivity index (χ1) is 9.77. The molecule has 0 unspecified atom stereocenters. The SMILES string of the molecule is CC/C=C\C/C=C\C=C\CCCCCCCCC(=O)O. The predicted molar refractivity (Wildman–Crippen MR) is 86.9 cm³/mol. The van der Waals surface area contributed by atoms with Gasteiger partial charge >= 0.3 is 5.97 Å². The zero-order valence-electron chi connectivity index (χ0n) is 12.9. The molecule has 0 aromatic rings. The van der Waals surface area contributed by atoms with Crippen molar-refractivity contribution in [1.29, 1.82) is 0 Å². The zero-order chi connectivity index (χ0) is 14.9. The molecule has 2 heteroatoms. The van der Waals surface area contributed by atoms with Crippen LogP contribution in [0.1, 0.15) is 71.1 Å². The van der Waals surface area contributed by atoms with Crippen molar-refractivity contribution in [1.82, 2.24) is 0 Å². The molecule has 2 nitrogen and oxygen atoms in total. The van der Waals surface area contributed by atoms with Crippen LogP contribution in [0.5, 0.6) is 0 Å². The van der Waals surface area contributed by atoms with Crippen molar-refractivity contribution in [3.63, 3.8) is 0 Å². The van der Waals surface area contributed by atoms with E-state index in [1.165, 1.54) is 25.7 Å². The second-order valence-electron chi connectivity index (χ2n) is 5.03. The summed E-state index contributed by atoms with van der Waals surface area (Å²) in [7, 11) is 0. The summed E-state index contributed by atoms with van der Waals surface area (Å²) >= 11 is 0. The van der Waals surface area contributed by atoms with E-state index in [9.17, 15) is 4.79 Å². The maximum Gasteiger partial charge on any atom is 0.303 e. The van der Waals surface area contributed by atoms with Gasteiger partial charge in [-0.2, -0.15) is 0 Å². The number of aliphatic carboxylic acids is 1. The Kier molecular flexibility index (Phi) is 14.7. The van der Waals surface area contributed by atoms with Gasteiger partial charge in [-0.15, -0.1) is 0 Å². The third kappa shape index (κ3) is 16.7. The lowest BCUT2D eigenvalue weighted by Crippen LogP contribution is -1.93. The summed E-state index contributed by atoms with van der Waals surface area (Å²) in [5.41, 5.74) is 0. The number of hydrogen-bond acceptors (Lipinski definition) is 1. The number of hydrogen-bond donors (Lipinski definition) is 1. The van der Waals surface area contributed by atoms with Crippen molar-refractivity contribution < 1.29 is 9.90 Å². The Bertz CT molecular complexity index is 301. The highest BCUT2D eigenvalue weighted by atomic mass is 16.4. The molecule has 0 fully saturated rings. The van der Waals surface area contributed by atoms with Gasteiger partial charge in [0.05, 0.1) is 0 Å². The summed E-state index contributed by atoms with van der Waals surface area (Å²) < 4.78 is 0. The van der Waals surface area contributed by atoms with E-state index in [4.69, 9.17) is 5.11 Å². The van der Waals surface area contributed by atoms with Gasteiger partial charge in [-0.3, -0.25) is 4.79 Å². The quantitative estimate of drug-likeness (QED) is 0.268. The van der Waals surface area contributed by atoms with Crippen molar-refractivity contribution in [2.45, 2.75) is 71.1 Å². The van der Waals surface area contributed by atoms with Gasteiger partial charge in [0, 0.05) is 6.42 Å². The molecule has 0 rings (SSSR count). The third-order valence-electron chi connectivity index (χ3n) is 3.07. The molecule has 0 aromatic carbocycles. The number of unbranched alkanes of at least 4 members (excludes halogenated alkanes) is 6. The minimum absolute atomic E-state index is 0.322. The molecular weight excluding hydrogens is 248 g/mol. The fourth-order valence-electron chi connectivity index (χ4n) is 1.92. The molecular formula is C18H30O2. The van der Waals surface area contributed by atoms with Crippen LogP contribution in [0.4, 0.5) is 0 Å². The summed E-state index contributed by atoms with van der Waals surface area (Å²) in [6.07, 6.45) is 23.4. The summed E-state index contributed by atoms with van der Waals surface area (Å²) in [6, 6.07) is 0. The standard InChI is InChI=1S/C18H30O2/c1-2-3-4-5-6-7-8-9-10-11-12-13-14-15-16-17-18(19)20/h3-4,6-9H,2,5,10-17H2,1H3,(H,19,20)/b4-3-,7-6-,9-8+. The molecule has 0 heterocycles. The van der Waals surface area contributed by atoms with E-state index in [0.717, 1.165) is 32.1 Å². The van der Waals surface area contributed by atoms with Gasteiger partial charge in [0.25, 0.3) is 0 Å². The second kappa shape index (κ2) is 15.7. The molecule has 0 radical (unpaired) electrons. The molecule has 0 saturated heterocycles. The van der Waals surface area contributed by atoms with Gasteiger partial charge in [-0.25, -0.2) is 0 Å². The van der Waals surface area contributed by atoms with Crippen molar-refractivity contribution in [3.05, 3.63) is 36.5 Å². The Morgan fingerprint density at radius 3 is 2.20 bits per heavy atom. The summed E-state index contributed by atoms with van der Waals surface area (Å²) in [5.74, 6) is -0.673. The molecule has 0 amide bonds. The molecule has 0 aromatic heterocycles. The van der Waals surface area contributed by atoms with Gasteiger partial charge in [0.15, 0.2) is 0 Å². The number of carboxylic acid groups (broad SMARTS) is 1. The van der Waals surface area contributed by atoms with Crippen LogP contribution in [-0.4, -0.2) is 11.1 Å². The first-order valence-electron chi connectivity index (χ1n) is 7.95. The molecule has 0 saturated carbocycles. The number of carboxylic acids is 1. The minimum atomic E-state index is -0.673. The van der Waals surface area contributed by atoms with Crippen molar-refractivity contribution >= 4 is 5.97 Å². The molecule has 20 heavy (non-hydrogen) atoms. The van der Waals surface area contributed by atoms with Crippen LogP contribution in [0.25, 0.3) is 0 Å². The highest BCUT2D eigenvalue weighted by Gasteiger charge is 1.95. The van der Waals surface area contributed by atoms with Crippen LogP contribution in [0.15, 0.2) is 36.5 Å². The smallest absolute Gasteiger partial charge is 0.303 e. The topological polar surface area (TPSA) is 37.3 Å². The summed E-state index contributed by atoms with van der Waals surface area (Å²) in [4.78, 5) is 10.3. The van der Waals surface area contributed by atoms with Crippen molar-refractivity contribution in [2.24, 2.45) is 0 Å². The lowest BCUT2D eigenvalue weighted by atomic mass is 10.1. The Labute approximate surface area is 124 Å². The van der Waals surface area contributed by atoms with Crippen LogP contribution in [0.2, 0.25) is 0 Å². The zero-order valence-corrected chi connectivity index (χ0v) is 12.9. The Hall–Kier alpha value is -1.31. The fraction of sp³-hybridized carbons (Fsp3) is 0.611. The monoisotopic (exact) mass is 278 g/mol. The maximum absolute atomic E-state index is 10.3. The Morgan fingerprint density at radius 2 is 1.50 bits per heavy atom. The second-order valence-corrected chi connectivity index (χ2v) is 5.03.